The molecule has 0 amide bonds. The zero-order valence-electron chi connectivity index (χ0n) is 12.0. The quantitative estimate of drug-likeness (QED) is 0.808. The van der Waals surface area contributed by atoms with E-state index in [-0.39, 0.29) is 12.1 Å². The van der Waals surface area contributed by atoms with Gasteiger partial charge in [0.2, 0.25) is 11.7 Å². The Kier molecular flexibility index (Phi) is 3.38. The first kappa shape index (κ1) is 13.5. The zero-order chi connectivity index (χ0) is 14.9. The number of hydrogen-bond acceptors (Lipinski definition) is 6. The summed E-state index contributed by atoms with van der Waals surface area (Å²) in [6.07, 6.45) is 2.82. The Morgan fingerprint density at radius 1 is 1.27 bits per heavy atom. The van der Waals surface area contributed by atoms with Gasteiger partial charge in [0.05, 0.1) is 18.8 Å². The van der Waals surface area contributed by atoms with E-state index < -0.39 is 0 Å². The van der Waals surface area contributed by atoms with Gasteiger partial charge < -0.3 is 14.0 Å². The lowest BCUT2D eigenvalue weighted by Crippen LogP contribution is -2.18. The third kappa shape index (κ3) is 2.74. The van der Waals surface area contributed by atoms with Gasteiger partial charge in [0.15, 0.2) is 0 Å². The Morgan fingerprint density at radius 2 is 2.18 bits per heavy atom. The highest BCUT2D eigenvalue weighted by atomic mass is 16.6. The Bertz CT molecular complexity index is 687. The summed E-state index contributed by atoms with van der Waals surface area (Å²) in [7, 11) is 0. The average molecular weight is 300 g/mol. The van der Waals surface area contributed by atoms with E-state index in [2.05, 4.69) is 10.1 Å². The fourth-order valence-corrected chi connectivity index (χ4v) is 2.46. The van der Waals surface area contributed by atoms with Crippen LogP contribution in [0, 0.1) is 0 Å². The van der Waals surface area contributed by atoms with E-state index in [1.165, 1.54) is 0 Å². The van der Waals surface area contributed by atoms with Gasteiger partial charge in [-0.25, -0.2) is 4.79 Å². The van der Waals surface area contributed by atoms with Gasteiger partial charge in [-0.2, -0.15) is 4.98 Å². The van der Waals surface area contributed by atoms with Crippen LogP contribution in [-0.2, 0) is 9.47 Å². The molecular weight excluding hydrogens is 284 g/mol. The first-order chi connectivity index (χ1) is 10.8. The van der Waals surface area contributed by atoms with E-state index in [9.17, 15) is 4.79 Å². The van der Waals surface area contributed by atoms with Gasteiger partial charge in [-0.05, 0) is 25.0 Å². The molecule has 0 bridgehead atoms. The largest absolute Gasteiger partial charge is 0.456 e. The van der Waals surface area contributed by atoms with Crippen molar-refractivity contribution in [3.8, 4) is 11.4 Å². The van der Waals surface area contributed by atoms with Crippen LogP contribution in [0.1, 0.15) is 41.4 Å². The fraction of sp³-hybridized carbons (Fsp3) is 0.438. The molecule has 0 unspecified atom stereocenters. The summed E-state index contributed by atoms with van der Waals surface area (Å²) in [5.74, 6) is 1.27. The maximum atomic E-state index is 12.2. The second kappa shape index (κ2) is 5.53. The first-order valence-corrected chi connectivity index (χ1v) is 7.52. The smallest absolute Gasteiger partial charge is 0.338 e. The summed E-state index contributed by atoms with van der Waals surface area (Å²) in [6, 6.07) is 7.12. The van der Waals surface area contributed by atoms with E-state index in [0.717, 1.165) is 24.8 Å². The minimum Gasteiger partial charge on any atom is -0.456 e. The molecule has 4 rings (SSSR count). The van der Waals surface area contributed by atoms with Crippen molar-refractivity contribution in [2.45, 2.75) is 31.3 Å². The molecule has 6 nitrogen and oxygen atoms in total. The van der Waals surface area contributed by atoms with Crippen molar-refractivity contribution in [2.75, 3.05) is 13.2 Å². The summed E-state index contributed by atoms with van der Waals surface area (Å²) in [5.41, 5.74) is 1.25. The molecule has 114 valence electrons. The second-order valence-corrected chi connectivity index (χ2v) is 5.70. The van der Waals surface area contributed by atoms with Crippen LogP contribution < -0.4 is 0 Å². The number of aromatic nitrogens is 2. The number of nitrogens with zero attached hydrogens (tertiary/aromatic N) is 2. The number of benzene rings is 1. The highest BCUT2D eigenvalue weighted by molar-refractivity contribution is 5.90. The number of hydrogen-bond donors (Lipinski definition) is 0. The number of carbonyl (C=O) groups is 1. The molecule has 0 radical (unpaired) electrons. The Morgan fingerprint density at radius 3 is 2.95 bits per heavy atom. The molecule has 2 heterocycles. The van der Waals surface area contributed by atoms with Crippen molar-refractivity contribution in [1.29, 1.82) is 0 Å². The van der Waals surface area contributed by atoms with Crippen LogP contribution in [0.25, 0.3) is 11.4 Å². The number of esters is 1. The highest BCUT2D eigenvalue weighted by Crippen LogP contribution is 2.39. The summed E-state index contributed by atoms with van der Waals surface area (Å²) in [6.45, 7) is 1.12. The average Bonchev–Trinajstić information content (AvgIpc) is 3.06. The van der Waals surface area contributed by atoms with Gasteiger partial charge in [0.1, 0.15) is 6.10 Å². The van der Waals surface area contributed by atoms with Gasteiger partial charge in [0.25, 0.3) is 0 Å². The molecule has 1 saturated carbocycles. The maximum Gasteiger partial charge on any atom is 0.338 e. The van der Waals surface area contributed by atoms with E-state index in [0.29, 0.717) is 36.4 Å². The van der Waals surface area contributed by atoms with Crippen molar-refractivity contribution in [1.82, 2.24) is 10.1 Å². The van der Waals surface area contributed by atoms with Gasteiger partial charge in [-0.1, -0.05) is 17.3 Å². The lowest BCUT2D eigenvalue weighted by Gasteiger charge is -2.10. The van der Waals surface area contributed by atoms with Gasteiger partial charge >= 0.3 is 5.97 Å². The van der Waals surface area contributed by atoms with Crippen molar-refractivity contribution in [3.63, 3.8) is 0 Å². The second-order valence-electron chi connectivity index (χ2n) is 5.70. The van der Waals surface area contributed by atoms with Crippen LogP contribution in [0.5, 0.6) is 0 Å². The third-order valence-electron chi connectivity index (χ3n) is 3.89. The Labute approximate surface area is 127 Å². The van der Waals surface area contributed by atoms with Crippen LogP contribution in [0.3, 0.4) is 0 Å². The first-order valence-electron chi connectivity index (χ1n) is 7.52. The molecule has 2 fully saturated rings. The number of carbonyl (C=O) groups excluding carboxylic acids is 1. The standard InChI is InChI=1S/C16H16N2O4/c19-16(21-13-6-7-20-9-13)12-3-1-2-11(8-12)14-17-15(22-18-14)10-4-5-10/h1-3,8,10,13H,4-7,9H2/t13-/m0/s1. The summed E-state index contributed by atoms with van der Waals surface area (Å²) in [5, 5.41) is 3.99. The van der Waals surface area contributed by atoms with Crippen LogP contribution >= 0.6 is 0 Å². The normalized spacial score (nSPS) is 21.0. The van der Waals surface area contributed by atoms with E-state index in [4.69, 9.17) is 14.0 Å². The molecule has 2 aromatic rings. The van der Waals surface area contributed by atoms with Gasteiger partial charge in [-0.15, -0.1) is 0 Å². The molecule has 1 aliphatic heterocycles. The van der Waals surface area contributed by atoms with Crippen LogP contribution in [0.15, 0.2) is 28.8 Å². The molecule has 1 aromatic carbocycles. The fourth-order valence-electron chi connectivity index (χ4n) is 2.46. The van der Waals surface area contributed by atoms with Crippen molar-refractivity contribution in [3.05, 3.63) is 35.7 Å². The predicted molar refractivity (Wildman–Crippen MR) is 76.3 cm³/mol. The van der Waals surface area contributed by atoms with Crippen LogP contribution in [-0.4, -0.2) is 35.4 Å². The van der Waals surface area contributed by atoms with Crippen LogP contribution in [0.2, 0.25) is 0 Å². The summed E-state index contributed by atoms with van der Waals surface area (Å²) >= 11 is 0. The molecule has 1 atom stereocenters. The van der Waals surface area contributed by atoms with E-state index in [1.54, 1.807) is 18.2 Å². The van der Waals surface area contributed by atoms with Crippen molar-refractivity contribution >= 4 is 5.97 Å². The molecule has 1 aliphatic carbocycles. The van der Waals surface area contributed by atoms with Gasteiger partial charge in [-0.3, -0.25) is 0 Å². The molecular formula is C16H16N2O4. The van der Waals surface area contributed by atoms with Crippen molar-refractivity contribution in [2.24, 2.45) is 0 Å². The topological polar surface area (TPSA) is 74.5 Å². The molecule has 0 N–H and O–H groups in total. The number of ether oxygens (including phenoxy) is 2. The monoisotopic (exact) mass is 300 g/mol. The Hall–Kier alpha value is -2.21. The third-order valence-corrected chi connectivity index (χ3v) is 3.89. The minimum atomic E-state index is -0.344. The van der Waals surface area contributed by atoms with E-state index in [1.807, 2.05) is 6.07 Å². The summed E-state index contributed by atoms with van der Waals surface area (Å²) < 4.78 is 15.9. The SMILES string of the molecule is O=C(O[C@H]1CCOC1)c1cccc(-c2noc(C3CC3)n2)c1. The van der Waals surface area contributed by atoms with Gasteiger partial charge in [0, 0.05) is 17.9 Å². The lowest BCUT2D eigenvalue weighted by molar-refractivity contribution is 0.0270. The van der Waals surface area contributed by atoms with Crippen LogP contribution in [0.4, 0.5) is 0 Å². The molecule has 2 aliphatic rings. The molecule has 22 heavy (non-hydrogen) atoms. The summed E-state index contributed by atoms with van der Waals surface area (Å²) in [4.78, 5) is 16.6. The maximum absolute atomic E-state index is 12.2. The molecule has 0 spiro atoms. The zero-order valence-corrected chi connectivity index (χ0v) is 12.0. The minimum absolute atomic E-state index is 0.150. The van der Waals surface area contributed by atoms with Crippen molar-refractivity contribution < 1.29 is 18.8 Å². The molecule has 6 heteroatoms. The number of rotatable bonds is 4. The molecule has 1 saturated heterocycles. The predicted octanol–water partition coefficient (Wildman–Crippen LogP) is 2.56. The lowest BCUT2D eigenvalue weighted by atomic mass is 10.1. The molecule has 1 aromatic heterocycles. The Balaban J connectivity index is 1.52. The van der Waals surface area contributed by atoms with E-state index >= 15 is 0 Å². The highest BCUT2D eigenvalue weighted by Gasteiger charge is 2.30.